The monoisotopic (exact) mass is 375 g/mol. The zero-order valence-electron chi connectivity index (χ0n) is 15.0. The van der Waals surface area contributed by atoms with Crippen molar-refractivity contribution in [2.24, 2.45) is 0 Å². The summed E-state index contributed by atoms with van der Waals surface area (Å²) >= 11 is 0. The second kappa shape index (κ2) is 9.57. The summed E-state index contributed by atoms with van der Waals surface area (Å²) in [6.07, 6.45) is 0. The molecule has 1 aliphatic heterocycles. The van der Waals surface area contributed by atoms with Crippen LogP contribution in [0.25, 0.3) is 0 Å². The van der Waals surface area contributed by atoms with E-state index in [4.69, 9.17) is 10.5 Å². The second-order valence-electron chi connectivity index (χ2n) is 6.41. The molecular formula is C20H26ClN3O2. The Labute approximate surface area is 160 Å². The Hall–Kier alpha value is -2.08. The predicted molar refractivity (Wildman–Crippen MR) is 107 cm³/mol. The van der Waals surface area contributed by atoms with Gasteiger partial charge in [-0.2, -0.15) is 0 Å². The number of hydrogen-bond acceptors (Lipinski definition) is 4. The third-order valence-corrected chi connectivity index (χ3v) is 4.54. The van der Waals surface area contributed by atoms with Gasteiger partial charge in [0, 0.05) is 30.9 Å². The van der Waals surface area contributed by atoms with Crippen LogP contribution in [0.5, 0.6) is 0 Å². The number of nitrogens with two attached hydrogens (primary N) is 1. The molecule has 1 fully saturated rings. The molecule has 1 saturated heterocycles. The summed E-state index contributed by atoms with van der Waals surface area (Å²) in [5, 5.41) is 3.07. The van der Waals surface area contributed by atoms with Gasteiger partial charge < -0.3 is 15.8 Å². The minimum Gasteiger partial charge on any atom is -0.399 e. The zero-order chi connectivity index (χ0) is 17.6. The van der Waals surface area contributed by atoms with E-state index in [1.807, 2.05) is 0 Å². The van der Waals surface area contributed by atoms with Crippen LogP contribution >= 0.6 is 12.4 Å². The average molecular weight is 376 g/mol. The van der Waals surface area contributed by atoms with Gasteiger partial charge in [0.1, 0.15) is 0 Å². The molecule has 0 radical (unpaired) electrons. The van der Waals surface area contributed by atoms with Gasteiger partial charge in [0.25, 0.3) is 5.91 Å². The number of benzene rings is 2. The highest BCUT2D eigenvalue weighted by Gasteiger charge is 2.23. The number of nitrogens with one attached hydrogen (secondary N) is 1. The van der Waals surface area contributed by atoms with Crippen molar-refractivity contribution in [1.29, 1.82) is 0 Å². The fourth-order valence-electron chi connectivity index (χ4n) is 3.15. The predicted octanol–water partition coefficient (Wildman–Crippen LogP) is 2.80. The van der Waals surface area contributed by atoms with E-state index >= 15 is 0 Å². The van der Waals surface area contributed by atoms with Crippen LogP contribution in [0.15, 0.2) is 48.5 Å². The second-order valence-corrected chi connectivity index (χ2v) is 6.41. The largest absolute Gasteiger partial charge is 0.399 e. The number of morpholine rings is 1. The molecule has 3 rings (SSSR count). The van der Waals surface area contributed by atoms with E-state index in [0.717, 1.165) is 26.3 Å². The third kappa shape index (κ3) is 5.21. The molecule has 2 aromatic rings. The summed E-state index contributed by atoms with van der Waals surface area (Å²) in [5.74, 6) is -0.0779. The first-order chi connectivity index (χ1) is 12.1. The topological polar surface area (TPSA) is 67.6 Å². The minimum atomic E-state index is -0.0779. The summed E-state index contributed by atoms with van der Waals surface area (Å²) in [5.41, 5.74) is 9.41. The number of ether oxygens (including phenoxy) is 1. The van der Waals surface area contributed by atoms with E-state index in [9.17, 15) is 4.79 Å². The normalized spacial score (nSPS) is 15.7. The molecule has 3 N–H and O–H groups in total. The van der Waals surface area contributed by atoms with Gasteiger partial charge in [0.05, 0.1) is 19.3 Å². The lowest BCUT2D eigenvalue weighted by molar-refractivity contribution is 0.0162. The van der Waals surface area contributed by atoms with E-state index < -0.39 is 0 Å². The molecule has 0 aliphatic carbocycles. The number of hydrogen-bond donors (Lipinski definition) is 2. The van der Waals surface area contributed by atoms with Crippen molar-refractivity contribution in [1.82, 2.24) is 10.2 Å². The fourth-order valence-corrected chi connectivity index (χ4v) is 3.15. The number of aryl methyl sites for hydroxylation is 1. The van der Waals surface area contributed by atoms with Crippen LogP contribution in [0.1, 0.15) is 27.5 Å². The highest BCUT2D eigenvalue weighted by atomic mass is 35.5. The van der Waals surface area contributed by atoms with Crippen LogP contribution in [-0.2, 0) is 4.74 Å². The van der Waals surface area contributed by atoms with Crippen LogP contribution in [0.2, 0.25) is 0 Å². The number of nitrogen functional groups attached to an aromatic ring is 1. The number of carbonyl (C=O) groups is 1. The standard InChI is InChI=1S/C20H25N3O2.ClH/c1-15-3-2-4-17(13-15)19(23-9-11-25-12-10-23)14-22-20(24)16-5-7-18(21)8-6-16;/h2-8,13,19H,9-12,14,21H2,1H3,(H,22,24);1H. The lowest BCUT2D eigenvalue weighted by Gasteiger charge is -2.35. The molecular weight excluding hydrogens is 350 g/mol. The Kier molecular flexibility index (Phi) is 7.45. The molecule has 2 aromatic carbocycles. The fraction of sp³-hybridized carbons (Fsp3) is 0.350. The van der Waals surface area contributed by atoms with Crippen LogP contribution < -0.4 is 11.1 Å². The maximum atomic E-state index is 12.4. The molecule has 0 aromatic heterocycles. The lowest BCUT2D eigenvalue weighted by Crippen LogP contribution is -2.43. The lowest BCUT2D eigenvalue weighted by atomic mass is 10.0. The molecule has 1 atom stereocenters. The molecule has 140 valence electrons. The number of rotatable bonds is 5. The molecule has 1 unspecified atom stereocenters. The first kappa shape index (κ1) is 20.2. The van der Waals surface area contributed by atoms with Gasteiger partial charge in [-0.1, -0.05) is 29.8 Å². The highest BCUT2D eigenvalue weighted by molar-refractivity contribution is 5.94. The maximum absolute atomic E-state index is 12.4. The van der Waals surface area contributed by atoms with Gasteiger partial charge in [-0.3, -0.25) is 9.69 Å². The molecule has 0 spiro atoms. The van der Waals surface area contributed by atoms with Crippen LogP contribution in [0, 0.1) is 6.92 Å². The Balaban J connectivity index is 0.00000243. The average Bonchev–Trinajstić information content (AvgIpc) is 2.63. The Bertz CT molecular complexity index is 715. The summed E-state index contributed by atoms with van der Waals surface area (Å²) < 4.78 is 5.47. The molecule has 26 heavy (non-hydrogen) atoms. The van der Waals surface area contributed by atoms with Crippen LogP contribution in [0.4, 0.5) is 5.69 Å². The van der Waals surface area contributed by atoms with E-state index in [-0.39, 0.29) is 24.4 Å². The number of amides is 1. The minimum absolute atomic E-state index is 0. The van der Waals surface area contributed by atoms with Crippen molar-refractivity contribution in [2.75, 3.05) is 38.6 Å². The Morgan fingerprint density at radius 3 is 2.54 bits per heavy atom. The van der Waals surface area contributed by atoms with E-state index in [1.165, 1.54) is 11.1 Å². The van der Waals surface area contributed by atoms with Crippen molar-refractivity contribution < 1.29 is 9.53 Å². The van der Waals surface area contributed by atoms with Gasteiger partial charge in [0.15, 0.2) is 0 Å². The number of carbonyl (C=O) groups excluding carboxylic acids is 1. The smallest absolute Gasteiger partial charge is 0.251 e. The Morgan fingerprint density at radius 1 is 1.19 bits per heavy atom. The first-order valence-electron chi connectivity index (χ1n) is 8.65. The number of halogens is 1. The summed E-state index contributed by atoms with van der Waals surface area (Å²) in [6, 6.07) is 15.6. The van der Waals surface area contributed by atoms with Crippen molar-refractivity contribution in [3.05, 3.63) is 65.2 Å². The van der Waals surface area contributed by atoms with Crippen LogP contribution in [0.3, 0.4) is 0 Å². The van der Waals surface area contributed by atoms with Gasteiger partial charge in [0.2, 0.25) is 0 Å². The van der Waals surface area contributed by atoms with E-state index in [2.05, 4.69) is 41.4 Å². The summed E-state index contributed by atoms with van der Waals surface area (Å²) in [4.78, 5) is 14.8. The van der Waals surface area contributed by atoms with Gasteiger partial charge in [-0.05, 0) is 36.8 Å². The van der Waals surface area contributed by atoms with Gasteiger partial charge >= 0.3 is 0 Å². The van der Waals surface area contributed by atoms with Gasteiger partial charge in [-0.15, -0.1) is 12.4 Å². The molecule has 1 amide bonds. The maximum Gasteiger partial charge on any atom is 0.251 e. The van der Waals surface area contributed by atoms with Crippen molar-refractivity contribution in [3.8, 4) is 0 Å². The van der Waals surface area contributed by atoms with E-state index in [0.29, 0.717) is 17.8 Å². The van der Waals surface area contributed by atoms with Crippen molar-refractivity contribution in [3.63, 3.8) is 0 Å². The molecule has 1 heterocycles. The SMILES string of the molecule is Cc1cccc(C(CNC(=O)c2ccc(N)cc2)N2CCOCC2)c1.Cl. The molecule has 6 heteroatoms. The highest BCUT2D eigenvalue weighted by Crippen LogP contribution is 2.22. The summed E-state index contributed by atoms with van der Waals surface area (Å²) in [7, 11) is 0. The van der Waals surface area contributed by atoms with Gasteiger partial charge in [-0.25, -0.2) is 0 Å². The quantitative estimate of drug-likeness (QED) is 0.788. The molecule has 0 saturated carbocycles. The molecule has 0 bridgehead atoms. The van der Waals surface area contributed by atoms with E-state index in [1.54, 1.807) is 24.3 Å². The number of anilines is 1. The van der Waals surface area contributed by atoms with Crippen molar-refractivity contribution >= 4 is 24.0 Å². The number of nitrogens with zero attached hydrogens (tertiary/aromatic N) is 1. The zero-order valence-corrected chi connectivity index (χ0v) is 15.8. The molecule has 5 nitrogen and oxygen atoms in total. The van der Waals surface area contributed by atoms with Crippen LogP contribution in [-0.4, -0.2) is 43.7 Å². The molecule has 1 aliphatic rings. The third-order valence-electron chi connectivity index (χ3n) is 4.54. The summed E-state index contributed by atoms with van der Waals surface area (Å²) in [6.45, 7) is 5.86. The van der Waals surface area contributed by atoms with Crippen molar-refractivity contribution in [2.45, 2.75) is 13.0 Å². The Morgan fingerprint density at radius 2 is 1.88 bits per heavy atom. The first-order valence-corrected chi connectivity index (χ1v) is 8.65.